The van der Waals surface area contributed by atoms with Crippen LogP contribution in [-0.2, 0) is 11.2 Å². The van der Waals surface area contributed by atoms with Crippen LogP contribution in [0.2, 0.25) is 0 Å². The normalized spacial score (nSPS) is 12.2. The quantitative estimate of drug-likeness (QED) is 0.861. The molecular weight excluding hydrogens is 336 g/mol. The third kappa shape index (κ3) is 4.15. The van der Waals surface area contributed by atoms with Gasteiger partial charge in [0.2, 0.25) is 5.91 Å². The van der Waals surface area contributed by atoms with Gasteiger partial charge in [0, 0.05) is 27.9 Å². The van der Waals surface area contributed by atoms with Gasteiger partial charge in [0.05, 0.1) is 0 Å². The molecule has 0 saturated carbocycles. The van der Waals surface area contributed by atoms with Crippen molar-refractivity contribution in [2.45, 2.75) is 26.7 Å². The summed E-state index contributed by atoms with van der Waals surface area (Å²) in [6.45, 7) is 3.93. The van der Waals surface area contributed by atoms with E-state index >= 15 is 0 Å². The molecule has 106 valence electrons. The Labute approximate surface area is 131 Å². The summed E-state index contributed by atoms with van der Waals surface area (Å²) in [7, 11) is 0. The summed E-state index contributed by atoms with van der Waals surface area (Å²) >= 11 is 4.96. The highest BCUT2D eigenvalue weighted by Crippen LogP contribution is 2.22. The summed E-state index contributed by atoms with van der Waals surface area (Å²) in [5.74, 6) is 0.0610. The first kappa shape index (κ1) is 15.2. The zero-order chi connectivity index (χ0) is 14.5. The Hall–Kier alpha value is -1.20. The maximum absolute atomic E-state index is 11.8. The van der Waals surface area contributed by atoms with E-state index in [2.05, 4.69) is 38.4 Å². The lowest BCUT2D eigenvalue weighted by Crippen LogP contribution is -2.19. The topological polar surface area (TPSA) is 42.0 Å². The summed E-state index contributed by atoms with van der Waals surface area (Å²) in [6.07, 6.45) is 3.51. The number of carbonyl (C=O) groups is 1. The molecule has 1 aromatic heterocycles. The Kier molecular flexibility index (Phi) is 5.31. The summed E-state index contributed by atoms with van der Waals surface area (Å²) in [5, 5.41) is 3.55. The van der Waals surface area contributed by atoms with Crippen LogP contribution in [0.25, 0.3) is 0 Å². The van der Waals surface area contributed by atoms with Crippen LogP contribution in [0.5, 0.6) is 0 Å². The van der Waals surface area contributed by atoms with Crippen molar-refractivity contribution in [1.29, 1.82) is 0 Å². The molecule has 0 aliphatic heterocycles. The third-order valence-corrected chi connectivity index (χ3v) is 4.58. The van der Waals surface area contributed by atoms with E-state index in [1.807, 2.05) is 32.2 Å². The largest absolute Gasteiger partial charge is 0.302 e. The van der Waals surface area contributed by atoms with Gasteiger partial charge in [-0.05, 0) is 24.1 Å². The first-order valence-electron chi connectivity index (χ1n) is 6.58. The van der Waals surface area contributed by atoms with Crippen molar-refractivity contribution < 1.29 is 4.79 Å². The fourth-order valence-electron chi connectivity index (χ4n) is 1.66. The van der Waals surface area contributed by atoms with Gasteiger partial charge >= 0.3 is 0 Å². The predicted octanol–water partition coefficient (Wildman–Crippen LogP) is 4.48. The predicted molar refractivity (Wildman–Crippen MR) is 87.1 cm³/mol. The van der Waals surface area contributed by atoms with Gasteiger partial charge < -0.3 is 5.32 Å². The zero-order valence-corrected chi connectivity index (χ0v) is 13.9. The highest BCUT2D eigenvalue weighted by Gasteiger charge is 2.12. The van der Waals surface area contributed by atoms with Crippen LogP contribution in [0, 0.1) is 5.92 Å². The molecule has 20 heavy (non-hydrogen) atoms. The van der Waals surface area contributed by atoms with E-state index < -0.39 is 0 Å². The molecule has 1 amide bonds. The number of carbonyl (C=O) groups excluding carboxylic acids is 1. The molecule has 0 aliphatic carbocycles. The summed E-state index contributed by atoms with van der Waals surface area (Å²) in [5.41, 5.74) is 1.23. The van der Waals surface area contributed by atoms with E-state index in [9.17, 15) is 4.79 Å². The van der Waals surface area contributed by atoms with Gasteiger partial charge in [0.25, 0.3) is 0 Å². The van der Waals surface area contributed by atoms with Crippen molar-refractivity contribution in [2.24, 2.45) is 5.92 Å². The maximum atomic E-state index is 11.8. The minimum Gasteiger partial charge on any atom is -0.302 e. The van der Waals surface area contributed by atoms with Crippen molar-refractivity contribution in [3.8, 4) is 0 Å². The average Bonchev–Trinajstić information content (AvgIpc) is 2.87. The molecule has 1 aromatic carbocycles. The number of nitrogens with one attached hydrogen (secondary N) is 1. The fraction of sp³-hybridized carbons (Fsp3) is 0.333. The fourth-order valence-corrected chi connectivity index (χ4v) is 2.78. The molecule has 1 heterocycles. The Morgan fingerprint density at radius 3 is 2.75 bits per heavy atom. The van der Waals surface area contributed by atoms with Gasteiger partial charge in [0.1, 0.15) is 0 Å². The van der Waals surface area contributed by atoms with E-state index in [-0.39, 0.29) is 11.8 Å². The van der Waals surface area contributed by atoms with Crippen LogP contribution in [0.15, 0.2) is 34.9 Å². The second-order valence-electron chi connectivity index (χ2n) is 4.73. The summed E-state index contributed by atoms with van der Waals surface area (Å²) < 4.78 is 1.08. The molecule has 0 bridgehead atoms. The average molecular weight is 353 g/mol. The number of aromatic nitrogens is 1. The number of amides is 1. The minimum atomic E-state index is 0.0221. The summed E-state index contributed by atoms with van der Waals surface area (Å²) in [4.78, 5) is 17.2. The Balaban J connectivity index is 1.98. The minimum absolute atomic E-state index is 0.0221. The van der Waals surface area contributed by atoms with E-state index in [1.165, 1.54) is 16.9 Å². The molecule has 2 aromatic rings. The first-order valence-corrected chi connectivity index (χ1v) is 8.19. The van der Waals surface area contributed by atoms with Gasteiger partial charge in [0.15, 0.2) is 5.13 Å². The molecule has 0 radical (unpaired) electrons. The van der Waals surface area contributed by atoms with Gasteiger partial charge in [-0.2, -0.15) is 0 Å². The molecule has 0 spiro atoms. The molecule has 0 unspecified atom stereocenters. The monoisotopic (exact) mass is 352 g/mol. The van der Waals surface area contributed by atoms with Crippen LogP contribution in [0.3, 0.4) is 0 Å². The molecule has 2 rings (SSSR count). The first-order chi connectivity index (χ1) is 9.58. The van der Waals surface area contributed by atoms with E-state index in [4.69, 9.17) is 0 Å². The SMILES string of the molecule is CC[C@@H](C)C(=O)Nc1ncc(Cc2ccc(Br)cc2)s1. The molecule has 1 atom stereocenters. The molecule has 1 N–H and O–H groups in total. The van der Waals surface area contributed by atoms with Gasteiger partial charge in [-0.25, -0.2) is 4.98 Å². The van der Waals surface area contributed by atoms with Crippen molar-refractivity contribution >= 4 is 38.3 Å². The van der Waals surface area contributed by atoms with Crippen LogP contribution in [-0.4, -0.2) is 10.9 Å². The lowest BCUT2D eigenvalue weighted by Gasteiger charge is -2.06. The van der Waals surface area contributed by atoms with Crippen molar-refractivity contribution in [1.82, 2.24) is 4.98 Å². The summed E-state index contributed by atoms with van der Waals surface area (Å²) in [6, 6.07) is 8.23. The number of hydrogen-bond acceptors (Lipinski definition) is 3. The molecule has 3 nitrogen and oxygen atoms in total. The molecular formula is C15H17BrN2OS. The number of rotatable bonds is 5. The van der Waals surface area contributed by atoms with Crippen LogP contribution >= 0.6 is 27.3 Å². The second-order valence-corrected chi connectivity index (χ2v) is 6.76. The Bertz CT molecular complexity index is 580. The maximum Gasteiger partial charge on any atom is 0.228 e. The molecule has 0 fully saturated rings. The number of anilines is 1. The van der Waals surface area contributed by atoms with Crippen LogP contribution in [0.4, 0.5) is 5.13 Å². The smallest absolute Gasteiger partial charge is 0.228 e. The van der Waals surface area contributed by atoms with Crippen molar-refractivity contribution in [2.75, 3.05) is 5.32 Å². The number of nitrogens with zero attached hydrogens (tertiary/aromatic N) is 1. The second kappa shape index (κ2) is 6.99. The standard InChI is InChI=1S/C15H17BrN2OS/c1-3-10(2)14(19)18-15-17-9-13(20-15)8-11-4-6-12(16)7-5-11/h4-7,9-10H,3,8H2,1-2H3,(H,17,18,19)/t10-/m1/s1. The number of hydrogen-bond donors (Lipinski definition) is 1. The van der Waals surface area contributed by atoms with Gasteiger partial charge in [-0.3, -0.25) is 4.79 Å². The van der Waals surface area contributed by atoms with E-state index in [0.717, 1.165) is 22.2 Å². The molecule has 0 saturated heterocycles. The highest BCUT2D eigenvalue weighted by atomic mass is 79.9. The molecule has 0 aliphatic rings. The zero-order valence-electron chi connectivity index (χ0n) is 11.5. The van der Waals surface area contributed by atoms with Gasteiger partial charge in [-0.1, -0.05) is 41.9 Å². The lowest BCUT2D eigenvalue weighted by atomic mass is 10.1. The third-order valence-electron chi connectivity index (χ3n) is 3.14. The highest BCUT2D eigenvalue weighted by molar-refractivity contribution is 9.10. The van der Waals surface area contributed by atoms with Crippen molar-refractivity contribution in [3.63, 3.8) is 0 Å². The Morgan fingerprint density at radius 1 is 1.40 bits per heavy atom. The van der Waals surface area contributed by atoms with Crippen molar-refractivity contribution in [3.05, 3.63) is 45.4 Å². The lowest BCUT2D eigenvalue weighted by molar-refractivity contribution is -0.119. The molecule has 5 heteroatoms. The van der Waals surface area contributed by atoms with Gasteiger partial charge in [-0.15, -0.1) is 11.3 Å². The Morgan fingerprint density at radius 2 is 2.10 bits per heavy atom. The van der Waals surface area contributed by atoms with Crippen LogP contribution in [0.1, 0.15) is 30.7 Å². The number of halogens is 1. The van der Waals surface area contributed by atoms with E-state index in [0.29, 0.717) is 5.13 Å². The van der Waals surface area contributed by atoms with E-state index in [1.54, 1.807) is 0 Å². The number of benzene rings is 1. The van der Waals surface area contributed by atoms with Crippen LogP contribution < -0.4 is 5.32 Å². The number of thiazole rings is 1.